The molecule has 3 nitrogen and oxygen atoms in total. The Bertz CT molecular complexity index is 4960. The van der Waals surface area contributed by atoms with Crippen molar-refractivity contribution in [3.8, 4) is 44.5 Å². The van der Waals surface area contributed by atoms with E-state index in [9.17, 15) is 0 Å². The van der Waals surface area contributed by atoms with E-state index in [-0.39, 0.29) is 5.41 Å². The minimum atomic E-state index is -0.301. The van der Waals surface area contributed by atoms with Crippen molar-refractivity contribution < 1.29 is 4.42 Å². The lowest BCUT2D eigenvalue weighted by atomic mass is 9.82. The summed E-state index contributed by atoms with van der Waals surface area (Å²) in [6.45, 7) is 4.78. The van der Waals surface area contributed by atoms with Crippen LogP contribution in [0.3, 0.4) is 0 Å². The van der Waals surface area contributed by atoms with Crippen LogP contribution in [0.4, 0.5) is 34.1 Å². The van der Waals surface area contributed by atoms with Crippen molar-refractivity contribution in [2.24, 2.45) is 0 Å². The second-order valence-corrected chi connectivity index (χ2v) is 22.4. The average Bonchev–Trinajstić information content (AvgIpc) is 4.15. The van der Waals surface area contributed by atoms with Crippen LogP contribution in [0.5, 0.6) is 0 Å². The van der Waals surface area contributed by atoms with Gasteiger partial charge < -0.3 is 14.2 Å². The first-order chi connectivity index (χ1) is 40.4. The summed E-state index contributed by atoms with van der Waals surface area (Å²) >= 11 is 0. The van der Waals surface area contributed by atoms with Crippen LogP contribution in [0.15, 0.2) is 296 Å². The molecule has 0 N–H and O–H groups in total. The summed E-state index contributed by atoms with van der Waals surface area (Å²) < 4.78 is 6.43. The van der Waals surface area contributed by atoms with E-state index >= 15 is 0 Å². The van der Waals surface area contributed by atoms with Gasteiger partial charge in [0.25, 0.3) is 0 Å². The number of hydrogen-bond acceptors (Lipinski definition) is 3. The molecule has 0 radical (unpaired) electrons. The van der Waals surface area contributed by atoms with Crippen LogP contribution in [0.1, 0.15) is 25.0 Å². The maximum Gasteiger partial charge on any atom is 0.143 e. The summed E-state index contributed by atoms with van der Waals surface area (Å²) in [7, 11) is 0. The topological polar surface area (TPSA) is 19.6 Å². The zero-order valence-electron chi connectivity index (χ0n) is 45.5. The molecule has 0 bridgehead atoms. The summed E-state index contributed by atoms with van der Waals surface area (Å²) in [6.07, 6.45) is 0. The third kappa shape index (κ3) is 7.65. The summed E-state index contributed by atoms with van der Waals surface area (Å²) in [6, 6.07) is 107. The van der Waals surface area contributed by atoms with Crippen LogP contribution >= 0.6 is 0 Å². The number of fused-ring (bicyclic) bond motifs is 13. The summed E-state index contributed by atoms with van der Waals surface area (Å²) in [5.41, 5.74) is 20.3. The zero-order chi connectivity index (χ0) is 54.5. The first kappa shape index (κ1) is 47.5. The van der Waals surface area contributed by atoms with E-state index < -0.39 is 0 Å². The minimum absolute atomic E-state index is 0.301. The molecular weight excluding hydrogens is 993 g/mol. The zero-order valence-corrected chi connectivity index (χ0v) is 45.5. The van der Waals surface area contributed by atoms with E-state index in [1.807, 2.05) is 12.1 Å². The highest BCUT2D eigenvalue weighted by atomic mass is 16.3. The molecule has 0 fully saturated rings. The molecule has 0 amide bonds. The fourth-order valence-electron chi connectivity index (χ4n) is 13.4. The normalized spacial score (nSPS) is 12.6. The molecule has 16 rings (SSSR count). The van der Waals surface area contributed by atoms with E-state index in [0.29, 0.717) is 0 Å². The van der Waals surface area contributed by atoms with Gasteiger partial charge in [0.15, 0.2) is 0 Å². The second kappa shape index (κ2) is 18.8. The molecule has 0 saturated carbocycles. The molecule has 0 saturated heterocycles. The highest BCUT2D eigenvalue weighted by Crippen LogP contribution is 2.53. The van der Waals surface area contributed by atoms with Crippen LogP contribution in [-0.2, 0) is 5.41 Å². The summed E-state index contributed by atoms with van der Waals surface area (Å²) in [5.74, 6) is 0. The molecule has 0 aliphatic heterocycles. The van der Waals surface area contributed by atoms with Crippen molar-refractivity contribution in [2.45, 2.75) is 19.3 Å². The molecular formula is C79H54N2O. The van der Waals surface area contributed by atoms with Gasteiger partial charge in [-0.1, -0.05) is 226 Å². The number of furan rings is 1. The molecule has 1 heterocycles. The second-order valence-electron chi connectivity index (χ2n) is 22.4. The Hall–Kier alpha value is -10.5. The largest absolute Gasteiger partial charge is 0.455 e. The maximum absolute atomic E-state index is 6.43. The third-order valence-electron chi connectivity index (χ3n) is 17.4. The quantitative estimate of drug-likeness (QED) is 0.134. The molecule has 1 aromatic heterocycles. The molecule has 82 heavy (non-hydrogen) atoms. The van der Waals surface area contributed by atoms with E-state index in [1.54, 1.807) is 0 Å². The number of anilines is 6. The van der Waals surface area contributed by atoms with E-state index in [2.05, 4.69) is 303 Å². The molecule has 15 aromatic rings. The number of rotatable bonds is 9. The van der Waals surface area contributed by atoms with Crippen molar-refractivity contribution in [3.05, 3.63) is 302 Å². The van der Waals surface area contributed by atoms with E-state index in [0.717, 1.165) is 78.3 Å². The first-order valence-electron chi connectivity index (χ1n) is 28.4. The van der Waals surface area contributed by atoms with Crippen molar-refractivity contribution in [2.75, 3.05) is 9.80 Å². The van der Waals surface area contributed by atoms with Gasteiger partial charge in [0.1, 0.15) is 11.2 Å². The van der Waals surface area contributed by atoms with Gasteiger partial charge in [-0.2, -0.15) is 0 Å². The van der Waals surface area contributed by atoms with Crippen LogP contribution in [0.2, 0.25) is 0 Å². The number of para-hydroxylation sites is 3. The lowest BCUT2D eigenvalue weighted by molar-refractivity contribution is 0.660. The van der Waals surface area contributed by atoms with Gasteiger partial charge in [0.05, 0.1) is 5.69 Å². The predicted molar refractivity (Wildman–Crippen MR) is 347 cm³/mol. The van der Waals surface area contributed by atoms with Gasteiger partial charge in [-0.3, -0.25) is 0 Å². The molecule has 0 unspecified atom stereocenters. The minimum Gasteiger partial charge on any atom is -0.455 e. The molecule has 14 aromatic carbocycles. The first-order valence-corrected chi connectivity index (χ1v) is 28.4. The van der Waals surface area contributed by atoms with E-state index in [1.165, 1.54) is 76.5 Å². The summed E-state index contributed by atoms with van der Waals surface area (Å²) in [4.78, 5) is 4.84. The van der Waals surface area contributed by atoms with Crippen LogP contribution in [0, 0.1) is 0 Å². The van der Waals surface area contributed by atoms with Crippen molar-refractivity contribution in [1.82, 2.24) is 0 Å². The fourth-order valence-corrected chi connectivity index (χ4v) is 13.4. The van der Waals surface area contributed by atoms with Gasteiger partial charge in [0, 0.05) is 55.6 Å². The molecule has 0 spiro atoms. The Labute approximate surface area is 476 Å². The highest BCUT2D eigenvalue weighted by molar-refractivity contribution is 6.25. The van der Waals surface area contributed by atoms with Crippen LogP contribution < -0.4 is 9.80 Å². The van der Waals surface area contributed by atoms with E-state index in [4.69, 9.17) is 4.42 Å². The van der Waals surface area contributed by atoms with Gasteiger partial charge in [-0.15, -0.1) is 0 Å². The SMILES string of the molecule is CC1(C)c2cc(N(c3ccc(-c4ccc(-c5cccc6c5oc5ccccc56)cc4)cc3)c3ccc(-c4ccc5c6ccccc6c6ccccc6c5c4)cc3)ccc2-c2ccc(N(c3ccccc3)c3cccc4ccccc34)cc21. The Kier molecular flexibility index (Phi) is 10.9. The van der Waals surface area contributed by atoms with Crippen LogP contribution in [-0.4, -0.2) is 0 Å². The Morgan fingerprint density at radius 1 is 0.268 bits per heavy atom. The Morgan fingerprint density at radius 2 is 0.707 bits per heavy atom. The Morgan fingerprint density at radius 3 is 1.35 bits per heavy atom. The van der Waals surface area contributed by atoms with Crippen molar-refractivity contribution in [1.29, 1.82) is 0 Å². The lowest BCUT2D eigenvalue weighted by Gasteiger charge is -2.29. The third-order valence-corrected chi connectivity index (χ3v) is 17.4. The lowest BCUT2D eigenvalue weighted by Crippen LogP contribution is -2.17. The predicted octanol–water partition coefficient (Wildman–Crippen LogP) is 22.4. The molecule has 1 aliphatic rings. The molecule has 3 heteroatoms. The fraction of sp³-hybridized carbons (Fsp3) is 0.0380. The van der Waals surface area contributed by atoms with Crippen molar-refractivity contribution in [3.63, 3.8) is 0 Å². The number of hydrogen-bond donors (Lipinski definition) is 0. The average molecular weight is 1050 g/mol. The monoisotopic (exact) mass is 1050 g/mol. The standard InChI is InChI=1S/C79H54N2O/c1-79(2)74-49-60(43-46-69(74)70-47-44-61(50-75(70)79)81(57-18-4-3-5-19-57)76-28-14-17-54-16-6-7-20-62(54)76)80(59-41-36-53(37-42-59)56-38-45-68-66-23-9-8-21-64(66)65-22-10-11-24-67(65)73(68)48-56)58-39-34-52(35-40-58)51-30-32-55(33-31-51)63-26-15-27-72-71-25-12-13-29-77(71)82-78(63)72/h3-50H,1-2H3. The summed E-state index contributed by atoms with van der Waals surface area (Å²) in [5, 5.41) is 12.4. The molecule has 1 aliphatic carbocycles. The van der Waals surface area contributed by atoms with Crippen LogP contribution in [0.25, 0.3) is 110 Å². The van der Waals surface area contributed by atoms with Gasteiger partial charge in [-0.05, 0) is 167 Å². The molecule has 0 atom stereocenters. The highest BCUT2D eigenvalue weighted by Gasteiger charge is 2.37. The number of nitrogens with zero attached hydrogens (tertiary/aromatic N) is 2. The van der Waals surface area contributed by atoms with Crippen molar-refractivity contribution >= 4 is 99.2 Å². The molecule has 386 valence electrons. The number of benzene rings is 14. The van der Waals surface area contributed by atoms with Gasteiger partial charge >= 0.3 is 0 Å². The van der Waals surface area contributed by atoms with Gasteiger partial charge in [-0.25, -0.2) is 0 Å². The van der Waals surface area contributed by atoms with Gasteiger partial charge in [0.2, 0.25) is 0 Å². The smallest absolute Gasteiger partial charge is 0.143 e. The Balaban J connectivity index is 0.780. The maximum atomic E-state index is 6.43.